The molecule has 0 aromatic rings. The van der Waals surface area contributed by atoms with Gasteiger partial charge in [0.2, 0.25) is 5.91 Å². The Bertz CT molecular complexity index is 240. The maximum Gasteiger partial charge on any atom is 0.246 e. The van der Waals surface area contributed by atoms with E-state index in [0.29, 0.717) is 24.4 Å². The first-order valence-electron chi connectivity index (χ1n) is 5.71. The van der Waals surface area contributed by atoms with Crippen LogP contribution in [0.25, 0.3) is 0 Å². The molecule has 0 atom stereocenters. The maximum atomic E-state index is 11.6. The van der Waals surface area contributed by atoms with Crippen molar-refractivity contribution in [3.05, 3.63) is 0 Å². The molecule has 0 heterocycles. The van der Waals surface area contributed by atoms with Crippen molar-refractivity contribution in [2.75, 3.05) is 13.2 Å². The van der Waals surface area contributed by atoms with Crippen molar-refractivity contribution >= 4 is 23.1 Å². The van der Waals surface area contributed by atoms with E-state index in [0.717, 1.165) is 6.42 Å². The molecule has 0 saturated carbocycles. The van der Waals surface area contributed by atoms with Gasteiger partial charge in [0.1, 0.15) is 6.61 Å². The minimum absolute atomic E-state index is 0.0677. The number of ether oxygens (including phenoxy) is 1. The lowest BCUT2D eigenvalue weighted by molar-refractivity contribution is -0.127. The molecule has 0 aliphatic carbocycles. The molecule has 4 nitrogen and oxygen atoms in total. The highest BCUT2D eigenvalue weighted by molar-refractivity contribution is 7.80. The van der Waals surface area contributed by atoms with Crippen molar-refractivity contribution in [1.29, 1.82) is 0 Å². The summed E-state index contributed by atoms with van der Waals surface area (Å²) >= 11 is 5.00. The van der Waals surface area contributed by atoms with Crippen LogP contribution in [0.3, 0.4) is 0 Å². The molecule has 0 aromatic heterocycles. The van der Waals surface area contributed by atoms with Gasteiger partial charge in [0.15, 0.2) is 0 Å². The van der Waals surface area contributed by atoms with Crippen LogP contribution in [0.5, 0.6) is 0 Å². The van der Waals surface area contributed by atoms with E-state index in [1.54, 1.807) is 0 Å². The molecule has 0 rings (SSSR count). The number of nitrogens with one attached hydrogen (secondary N) is 1. The Hall–Kier alpha value is -0.680. The molecule has 5 heteroatoms. The molecule has 1 amide bonds. The first-order valence-corrected chi connectivity index (χ1v) is 6.11. The predicted molar refractivity (Wildman–Crippen MR) is 69.4 cm³/mol. The van der Waals surface area contributed by atoms with Gasteiger partial charge in [0.05, 0.1) is 10.5 Å². The fourth-order valence-electron chi connectivity index (χ4n) is 1.45. The molecule has 0 spiro atoms. The lowest BCUT2D eigenvalue weighted by atomic mass is 9.93. The van der Waals surface area contributed by atoms with E-state index in [-0.39, 0.29) is 12.5 Å². The first-order chi connectivity index (χ1) is 7.52. The van der Waals surface area contributed by atoms with Crippen LogP contribution in [0.4, 0.5) is 0 Å². The predicted octanol–water partition coefficient (Wildman–Crippen LogP) is 1.37. The number of nitrogens with two attached hydrogens (primary N) is 1. The van der Waals surface area contributed by atoms with Crippen LogP contribution in [0.2, 0.25) is 0 Å². The Labute approximate surface area is 103 Å². The molecule has 0 bridgehead atoms. The van der Waals surface area contributed by atoms with Gasteiger partial charge in [-0.3, -0.25) is 4.79 Å². The lowest BCUT2D eigenvalue weighted by Gasteiger charge is -2.31. The standard InChI is InChI=1S/C11H22N2O2S/c1-4-7-15-8-9(14)13-11(5-2,6-3)10(12)16/h4-8H2,1-3H3,(H2,12,16)(H,13,14). The number of hydrogen-bond donors (Lipinski definition) is 2. The zero-order valence-corrected chi connectivity index (χ0v) is 11.2. The SMILES string of the molecule is CCCOCC(=O)NC(CC)(CC)C(N)=S. The summed E-state index contributed by atoms with van der Waals surface area (Å²) in [4.78, 5) is 11.9. The third kappa shape index (κ3) is 4.45. The van der Waals surface area contributed by atoms with Gasteiger partial charge in [-0.2, -0.15) is 0 Å². The van der Waals surface area contributed by atoms with Crippen molar-refractivity contribution in [1.82, 2.24) is 5.32 Å². The van der Waals surface area contributed by atoms with Gasteiger partial charge in [0, 0.05) is 6.61 Å². The highest BCUT2D eigenvalue weighted by Gasteiger charge is 2.31. The fraction of sp³-hybridized carbons (Fsp3) is 0.818. The van der Waals surface area contributed by atoms with Gasteiger partial charge in [-0.25, -0.2) is 0 Å². The summed E-state index contributed by atoms with van der Waals surface area (Å²) < 4.78 is 5.16. The average molecular weight is 246 g/mol. The molecule has 0 aromatic carbocycles. The second-order valence-corrected chi connectivity index (χ2v) is 4.19. The third-order valence-corrected chi connectivity index (χ3v) is 3.03. The smallest absolute Gasteiger partial charge is 0.246 e. The minimum atomic E-state index is -0.567. The van der Waals surface area contributed by atoms with Crippen molar-refractivity contribution in [3.63, 3.8) is 0 Å². The molecule has 3 N–H and O–H groups in total. The van der Waals surface area contributed by atoms with Gasteiger partial charge < -0.3 is 15.8 Å². The Balaban J connectivity index is 4.29. The van der Waals surface area contributed by atoms with E-state index in [1.807, 2.05) is 20.8 Å². The fourth-order valence-corrected chi connectivity index (χ4v) is 1.79. The van der Waals surface area contributed by atoms with Gasteiger partial charge in [-0.1, -0.05) is 33.0 Å². The zero-order valence-electron chi connectivity index (χ0n) is 10.3. The highest BCUT2D eigenvalue weighted by Crippen LogP contribution is 2.15. The number of rotatable bonds is 8. The summed E-state index contributed by atoms with van der Waals surface area (Å²) in [6.45, 7) is 6.56. The van der Waals surface area contributed by atoms with Crippen molar-refractivity contribution < 1.29 is 9.53 Å². The number of hydrogen-bond acceptors (Lipinski definition) is 3. The summed E-state index contributed by atoms with van der Waals surface area (Å²) in [5, 5.41) is 2.86. The molecule has 0 radical (unpaired) electrons. The molecule has 0 saturated heterocycles. The van der Waals surface area contributed by atoms with Gasteiger partial charge in [0.25, 0.3) is 0 Å². The van der Waals surface area contributed by atoms with E-state index in [1.165, 1.54) is 0 Å². The topological polar surface area (TPSA) is 64.3 Å². The lowest BCUT2D eigenvalue weighted by Crippen LogP contribution is -2.56. The second kappa shape index (κ2) is 7.57. The largest absolute Gasteiger partial charge is 0.391 e. The van der Waals surface area contributed by atoms with Gasteiger partial charge in [-0.05, 0) is 19.3 Å². The Morgan fingerprint density at radius 3 is 2.31 bits per heavy atom. The number of carbonyl (C=O) groups excluding carboxylic acids is 1. The summed E-state index contributed by atoms with van der Waals surface area (Å²) in [5.41, 5.74) is 5.10. The minimum Gasteiger partial charge on any atom is -0.391 e. The van der Waals surface area contributed by atoms with Gasteiger partial charge >= 0.3 is 0 Å². The number of thiocarbonyl (C=S) groups is 1. The van der Waals surface area contributed by atoms with E-state index in [4.69, 9.17) is 22.7 Å². The summed E-state index contributed by atoms with van der Waals surface area (Å²) in [6.07, 6.45) is 2.28. The van der Waals surface area contributed by atoms with Crippen LogP contribution in [0.1, 0.15) is 40.0 Å². The Morgan fingerprint density at radius 2 is 1.94 bits per heavy atom. The van der Waals surface area contributed by atoms with E-state index >= 15 is 0 Å². The Kier molecular flexibility index (Phi) is 7.25. The third-order valence-electron chi connectivity index (χ3n) is 2.64. The zero-order chi connectivity index (χ0) is 12.6. The molecule has 0 fully saturated rings. The highest BCUT2D eigenvalue weighted by atomic mass is 32.1. The van der Waals surface area contributed by atoms with E-state index < -0.39 is 5.54 Å². The van der Waals surface area contributed by atoms with Crippen LogP contribution >= 0.6 is 12.2 Å². The quantitative estimate of drug-likeness (QED) is 0.501. The summed E-state index contributed by atoms with van der Waals surface area (Å²) in [5.74, 6) is -0.162. The molecular formula is C11H22N2O2S. The molecule has 0 unspecified atom stereocenters. The van der Waals surface area contributed by atoms with Crippen LogP contribution < -0.4 is 11.1 Å². The van der Waals surface area contributed by atoms with E-state index in [2.05, 4.69) is 5.32 Å². The van der Waals surface area contributed by atoms with E-state index in [9.17, 15) is 4.79 Å². The first kappa shape index (κ1) is 15.3. The second-order valence-electron chi connectivity index (χ2n) is 3.75. The van der Waals surface area contributed by atoms with Crippen LogP contribution in [-0.2, 0) is 9.53 Å². The number of amides is 1. The molecule has 0 aliphatic rings. The number of carbonyl (C=O) groups is 1. The molecule has 94 valence electrons. The Morgan fingerprint density at radius 1 is 1.38 bits per heavy atom. The molecule has 16 heavy (non-hydrogen) atoms. The average Bonchev–Trinajstić information content (AvgIpc) is 2.26. The summed E-state index contributed by atoms with van der Waals surface area (Å²) in [6, 6.07) is 0. The monoisotopic (exact) mass is 246 g/mol. The molecule has 0 aliphatic heterocycles. The molecular weight excluding hydrogens is 224 g/mol. The van der Waals surface area contributed by atoms with Crippen LogP contribution in [-0.4, -0.2) is 29.6 Å². The van der Waals surface area contributed by atoms with Crippen molar-refractivity contribution in [2.24, 2.45) is 5.73 Å². The van der Waals surface area contributed by atoms with Crippen molar-refractivity contribution in [3.8, 4) is 0 Å². The van der Waals surface area contributed by atoms with Crippen molar-refractivity contribution in [2.45, 2.75) is 45.6 Å². The van der Waals surface area contributed by atoms with Crippen LogP contribution in [0.15, 0.2) is 0 Å². The van der Waals surface area contributed by atoms with Gasteiger partial charge in [-0.15, -0.1) is 0 Å². The normalized spacial score (nSPS) is 11.2. The maximum absolute atomic E-state index is 11.6. The summed E-state index contributed by atoms with van der Waals surface area (Å²) in [7, 11) is 0. The van der Waals surface area contributed by atoms with Crippen LogP contribution in [0, 0.1) is 0 Å².